The quantitative estimate of drug-likeness (QED) is 0.775. The molecule has 1 atom stereocenters. The van der Waals surface area contributed by atoms with Crippen molar-refractivity contribution >= 4 is 17.5 Å². The number of amides is 2. The van der Waals surface area contributed by atoms with E-state index in [-0.39, 0.29) is 17.7 Å². The molecule has 0 fully saturated rings. The summed E-state index contributed by atoms with van der Waals surface area (Å²) in [6.07, 6.45) is 0. The van der Waals surface area contributed by atoms with Gasteiger partial charge in [-0.15, -0.1) is 0 Å². The Morgan fingerprint density at radius 3 is 2.43 bits per heavy atom. The number of hydrogen-bond acceptors (Lipinski definition) is 3. The van der Waals surface area contributed by atoms with Gasteiger partial charge >= 0.3 is 0 Å². The van der Waals surface area contributed by atoms with Crippen LogP contribution in [0.25, 0.3) is 0 Å². The molecule has 0 aliphatic rings. The summed E-state index contributed by atoms with van der Waals surface area (Å²) in [6.45, 7) is 8.48. The standard InChI is InChI=1S/C16H25N3O2/c1-11(9-17)10-18-14(20)12-7-5-6-8-13(12)19-15(21)16(2,3)4/h5-8,11H,9-10,17H2,1-4H3,(H,18,20)(H,19,21). The highest BCUT2D eigenvalue weighted by atomic mass is 16.2. The Bertz CT molecular complexity index is 506. The Morgan fingerprint density at radius 2 is 1.86 bits per heavy atom. The van der Waals surface area contributed by atoms with E-state index >= 15 is 0 Å². The fourth-order valence-electron chi connectivity index (χ4n) is 1.55. The molecule has 1 aromatic carbocycles. The third-order valence-electron chi connectivity index (χ3n) is 3.11. The fourth-order valence-corrected chi connectivity index (χ4v) is 1.55. The van der Waals surface area contributed by atoms with Gasteiger partial charge in [-0.2, -0.15) is 0 Å². The predicted molar refractivity (Wildman–Crippen MR) is 85.1 cm³/mol. The number of anilines is 1. The molecule has 4 N–H and O–H groups in total. The Kier molecular flexibility index (Phi) is 5.90. The number of nitrogens with two attached hydrogens (primary N) is 1. The van der Waals surface area contributed by atoms with Crippen LogP contribution in [0.15, 0.2) is 24.3 Å². The summed E-state index contributed by atoms with van der Waals surface area (Å²) < 4.78 is 0. The van der Waals surface area contributed by atoms with Gasteiger partial charge in [0.25, 0.3) is 5.91 Å². The third-order valence-corrected chi connectivity index (χ3v) is 3.11. The summed E-state index contributed by atoms with van der Waals surface area (Å²) in [6, 6.07) is 6.98. The first-order chi connectivity index (χ1) is 9.75. The molecule has 2 amide bonds. The predicted octanol–water partition coefficient (Wildman–Crippen LogP) is 2.00. The van der Waals surface area contributed by atoms with Crippen LogP contribution in [0.2, 0.25) is 0 Å². The third kappa shape index (κ3) is 5.19. The minimum Gasteiger partial charge on any atom is -0.352 e. The van der Waals surface area contributed by atoms with Crippen LogP contribution in [-0.4, -0.2) is 24.9 Å². The molecule has 0 aliphatic heterocycles. The number of nitrogens with one attached hydrogen (secondary N) is 2. The van der Waals surface area contributed by atoms with Gasteiger partial charge in [-0.05, 0) is 24.6 Å². The molecule has 0 aromatic heterocycles. The molecule has 0 bridgehead atoms. The summed E-state index contributed by atoms with van der Waals surface area (Å²) >= 11 is 0. The molecule has 1 aromatic rings. The highest BCUT2D eigenvalue weighted by Crippen LogP contribution is 2.20. The maximum absolute atomic E-state index is 12.2. The zero-order chi connectivity index (χ0) is 16.0. The lowest BCUT2D eigenvalue weighted by molar-refractivity contribution is -0.123. The first-order valence-corrected chi connectivity index (χ1v) is 7.14. The monoisotopic (exact) mass is 291 g/mol. The summed E-state index contributed by atoms with van der Waals surface area (Å²) in [5.74, 6) is -0.122. The van der Waals surface area contributed by atoms with E-state index in [9.17, 15) is 9.59 Å². The number of carbonyl (C=O) groups excluding carboxylic acids is 2. The van der Waals surface area contributed by atoms with Gasteiger partial charge in [-0.3, -0.25) is 9.59 Å². The summed E-state index contributed by atoms with van der Waals surface area (Å²) in [5.41, 5.74) is 6.00. The van der Waals surface area contributed by atoms with E-state index in [2.05, 4.69) is 10.6 Å². The van der Waals surface area contributed by atoms with Gasteiger partial charge in [0.2, 0.25) is 5.91 Å². The molecule has 0 heterocycles. The second kappa shape index (κ2) is 7.22. The van der Waals surface area contributed by atoms with Crippen molar-refractivity contribution < 1.29 is 9.59 Å². The highest BCUT2D eigenvalue weighted by Gasteiger charge is 2.23. The van der Waals surface area contributed by atoms with Gasteiger partial charge in [0, 0.05) is 12.0 Å². The van der Waals surface area contributed by atoms with Crippen molar-refractivity contribution in [2.24, 2.45) is 17.1 Å². The van der Waals surface area contributed by atoms with Crippen LogP contribution in [0.3, 0.4) is 0 Å². The maximum Gasteiger partial charge on any atom is 0.253 e. The lowest BCUT2D eigenvalue weighted by Gasteiger charge is -2.19. The Labute approximate surface area is 126 Å². The van der Waals surface area contributed by atoms with Crippen molar-refractivity contribution in [2.75, 3.05) is 18.4 Å². The van der Waals surface area contributed by atoms with Gasteiger partial charge in [0.15, 0.2) is 0 Å². The lowest BCUT2D eigenvalue weighted by Crippen LogP contribution is -2.33. The van der Waals surface area contributed by atoms with Crippen LogP contribution >= 0.6 is 0 Å². The van der Waals surface area contributed by atoms with E-state index < -0.39 is 5.41 Å². The molecule has 21 heavy (non-hydrogen) atoms. The average molecular weight is 291 g/mol. The summed E-state index contributed by atoms with van der Waals surface area (Å²) in [4.78, 5) is 24.3. The van der Waals surface area contributed by atoms with Crippen molar-refractivity contribution in [1.29, 1.82) is 0 Å². The second-order valence-corrected chi connectivity index (χ2v) is 6.30. The first kappa shape index (κ1) is 17.2. The van der Waals surface area contributed by atoms with Gasteiger partial charge < -0.3 is 16.4 Å². The number of carbonyl (C=O) groups is 2. The first-order valence-electron chi connectivity index (χ1n) is 7.14. The molecule has 1 rings (SSSR count). The minimum absolute atomic E-state index is 0.127. The van der Waals surface area contributed by atoms with E-state index in [1.165, 1.54) is 0 Å². The van der Waals surface area contributed by atoms with Crippen molar-refractivity contribution in [3.8, 4) is 0 Å². The number of rotatable bonds is 5. The molecule has 0 saturated carbocycles. The number of benzene rings is 1. The van der Waals surface area contributed by atoms with Crippen molar-refractivity contribution in [1.82, 2.24) is 5.32 Å². The van der Waals surface area contributed by atoms with E-state index in [1.807, 2.05) is 27.7 Å². The molecular weight excluding hydrogens is 266 g/mol. The zero-order valence-corrected chi connectivity index (χ0v) is 13.2. The molecule has 0 spiro atoms. The molecule has 5 heteroatoms. The molecule has 0 aliphatic carbocycles. The van der Waals surface area contributed by atoms with Crippen LogP contribution < -0.4 is 16.4 Å². The van der Waals surface area contributed by atoms with Crippen LogP contribution in [0, 0.1) is 11.3 Å². The van der Waals surface area contributed by atoms with Crippen LogP contribution in [0.1, 0.15) is 38.1 Å². The lowest BCUT2D eigenvalue weighted by atomic mass is 9.95. The van der Waals surface area contributed by atoms with E-state index in [4.69, 9.17) is 5.73 Å². The zero-order valence-electron chi connectivity index (χ0n) is 13.2. The SMILES string of the molecule is CC(CN)CNC(=O)c1ccccc1NC(=O)C(C)(C)C. The minimum atomic E-state index is -0.516. The van der Waals surface area contributed by atoms with Gasteiger partial charge in [0.05, 0.1) is 11.3 Å². The molecular formula is C16H25N3O2. The number of para-hydroxylation sites is 1. The molecule has 116 valence electrons. The Morgan fingerprint density at radius 1 is 1.24 bits per heavy atom. The number of hydrogen-bond donors (Lipinski definition) is 3. The maximum atomic E-state index is 12.2. The van der Waals surface area contributed by atoms with Gasteiger partial charge in [-0.25, -0.2) is 0 Å². The largest absolute Gasteiger partial charge is 0.352 e. The molecule has 0 radical (unpaired) electrons. The van der Waals surface area contributed by atoms with Crippen molar-refractivity contribution in [3.63, 3.8) is 0 Å². The van der Waals surface area contributed by atoms with Gasteiger partial charge in [0.1, 0.15) is 0 Å². The average Bonchev–Trinajstić information content (AvgIpc) is 2.43. The summed E-state index contributed by atoms with van der Waals surface area (Å²) in [5, 5.41) is 5.64. The van der Waals surface area contributed by atoms with Gasteiger partial charge in [-0.1, -0.05) is 39.8 Å². The topological polar surface area (TPSA) is 84.2 Å². The van der Waals surface area contributed by atoms with E-state index in [1.54, 1.807) is 24.3 Å². The Hall–Kier alpha value is -1.88. The van der Waals surface area contributed by atoms with Crippen LogP contribution in [-0.2, 0) is 4.79 Å². The smallest absolute Gasteiger partial charge is 0.253 e. The fraction of sp³-hybridized carbons (Fsp3) is 0.500. The molecule has 1 unspecified atom stereocenters. The molecule has 5 nitrogen and oxygen atoms in total. The van der Waals surface area contributed by atoms with Crippen molar-refractivity contribution in [3.05, 3.63) is 29.8 Å². The van der Waals surface area contributed by atoms with E-state index in [0.29, 0.717) is 24.3 Å². The second-order valence-electron chi connectivity index (χ2n) is 6.30. The van der Waals surface area contributed by atoms with Crippen LogP contribution in [0.4, 0.5) is 5.69 Å². The normalized spacial score (nSPS) is 12.6. The molecule has 0 saturated heterocycles. The summed E-state index contributed by atoms with van der Waals surface area (Å²) in [7, 11) is 0. The van der Waals surface area contributed by atoms with E-state index in [0.717, 1.165) is 0 Å². The van der Waals surface area contributed by atoms with Crippen molar-refractivity contribution in [2.45, 2.75) is 27.7 Å². The van der Waals surface area contributed by atoms with Crippen LogP contribution in [0.5, 0.6) is 0 Å². The highest BCUT2D eigenvalue weighted by molar-refractivity contribution is 6.04. The Balaban J connectivity index is 2.84.